The standard InChI is InChI=1S/C24H33N5OS.HI/c1-2-25-24(27-13-12-26-23(30)19-8-9-19)28-16-21(18-6-4-3-5-7-18)29-14-10-22-20(17-29)11-15-31-22;/h3-7,11,15,19,21H,2,8-10,12-14,16-17H2,1H3,(H,26,30)(H2,25,27,28);1H. The first-order valence-electron chi connectivity index (χ1n) is 11.4. The Hall–Kier alpha value is -1.65. The summed E-state index contributed by atoms with van der Waals surface area (Å²) in [6, 6.07) is 13.2. The molecule has 0 saturated heterocycles. The van der Waals surface area contributed by atoms with Crippen molar-refractivity contribution in [2.24, 2.45) is 10.9 Å². The summed E-state index contributed by atoms with van der Waals surface area (Å²) in [6.45, 7) is 6.89. The molecule has 4 rings (SSSR count). The Balaban J connectivity index is 0.00000289. The molecule has 1 aliphatic heterocycles. The van der Waals surface area contributed by atoms with Crippen molar-refractivity contribution in [2.75, 3.05) is 32.7 Å². The average Bonchev–Trinajstić information content (AvgIpc) is 3.55. The van der Waals surface area contributed by atoms with Gasteiger partial charge in [-0.1, -0.05) is 30.3 Å². The number of fused-ring (bicyclic) bond motifs is 1. The van der Waals surface area contributed by atoms with E-state index in [-0.39, 0.29) is 41.8 Å². The zero-order chi connectivity index (χ0) is 21.5. The number of hydrogen-bond donors (Lipinski definition) is 3. The third-order valence-corrected chi connectivity index (χ3v) is 6.92. The molecule has 0 spiro atoms. The molecule has 1 amide bonds. The van der Waals surface area contributed by atoms with E-state index in [9.17, 15) is 4.79 Å². The number of amides is 1. The van der Waals surface area contributed by atoms with Gasteiger partial charge in [0.05, 0.1) is 12.6 Å². The number of guanidine groups is 1. The van der Waals surface area contributed by atoms with Crippen molar-refractivity contribution >= 4 is 47.2 Å². The van der Waals surface area contributed by atoms with E-state index in [1.54, 1.807) is 0 Å². The zero-order valence-corrected chi connectivity index (χ0v) is 21.8. The quantitative estimate of drug-likeness (QED) is 0.188. The lowest BCUT2D eigenvalue weighted by atomic mass is 10.0. The van der Waals surface area contributed by atoms with Crippen molar-refractivity contribution in [2.45, 2.75) is 38.8 Å². The predicted molar refractivity (Wildman–Crippen MR) is 143 cm³/mol. The maximum atomic E-state index is 11.8. The average molecular weight is 568 g/mol. The third-order valence-electron chi connectivity index (χ3n) is 5.89. The van der Waals surface area contributed by atoms with E-state index in [0.29, 0.717) is 19.6 Å². The molecule has 1 atom stereocenters. The highest BCUT2D eigenvalue weighted by molar-refractivity contribution is 14.0. The van der Waals surface area contributed by atoms with Crippen LogP contribution in [-0.2, 0) is 17.8 Å². The van der Waals surface area contributed by atoms with Gasteiger partial charge in [0.15, 0.2) is 5.96 Å². The molecule has 6 nitrogen and oxygen atoms in total. The van der Waals surface area contributed by atoms with Gasteiger partial charge in [0.2, 0.25) is 5.91 Å². The van der Waals surface area contributed by atoms with E-state index in [4.69, 9.17) is 4.99 Å². The molecular formula is C24H34IN5OS. The minimum Gasteiger partial charge on any atom is -0.357 e. The van der Waals surface area contributed by atoms with Gasteiger partial charge in [-0.3, -0.25) is 14.7 Å². The van der Waals surface area contributed by atoms with Gasteiger partial charge >= 0.3 is 0 Å². The highest BCUT2D eigenvalue weighted by Crippen LogP contribution is 2.30. The highest BCUT2D eigenvalue weighted by atomic mass is 127. The number of thiophene rings is 1. The van der Waals surface area contributed by atoms with Crippen molar-refractivity contribution in [3.8, 4) is 0 Å². The van der Waals surface area contributed by atoms with Crippen molar-refractivity contribution in [1.29, 1.82) is 0 Å². The second kappa shape index (κ2) is 12.6. The van der Waals surface area contributed by atoms with Crippen LogP contribution in [0, 0.1) is 5.92 Å². The SMILES string of the molecule is CCNC(=NCC(c1ccccc1)N1CCc2sccc2C1)NCCNC(=O)C1CC1.I. The fraction of sp³-hybridized carbons (Fsp3) is 0.500. The highest BCUT2D eigenvalue weighted by Gasteiger charge is 2.29. The van der Waals surface area contributed by atoms with Crippen LogP contribution >= 0.6 is 35.3 Å². The van der Waals surface area contributed by atoms with Gasteiger partial charge in [0, 0.05) is 43.5 Å². The maximum absolute atomic E-state index is 11.8. The summed E-state index contributed by atoms with van der Waals surface area (Å²) in [4.78, 5) is 20.8. The molecule has 2 aromatic rings. The van der Waals surface area contributed by atoms with Gasteiger partial charge in [0.1, 0.15) is 0 Å². The number of nitrogens with one attached hydrogen (secondary N) is 3. The van der Waals surface area contributed by atoms with Crippen molar-refractivity contribution in [1.82, 2.24) is 20.9 Å². The van der Waals surface area contributed by atoms with Crippen LogP contribution in [-0.4, -0.2) is 49.5 Å². The van der Waals surface area contributed by atoms with Crippen LogP contribution in [0.5, 0.6) is 0 Å². The van der Waals surface area contributed by atoms with E-state index >= 15 is 0 Å². The normalized spacial score (nSPS) is 17.1. The summed E-state index contributed by atoms with van der Waals surface area (Å²) in [7, 11) is 0. The van der Waals surface area contributed by atoms with Crippen molar-refractivity contribution < 1.29 is 4.79 Å². The molecule has 1 saturated carbocycles. The minimum absolute atomic E-state index is 0. The number of rotatable bonds is 9. The molecule has 8 heteroatoms. The number of halogens is 1. The lowest BCUT2D eigenvalue weighted by molar-refractivity contribution is -0.122. The molecule has 2 aliphatic rings. The van der Waals surface area contributed by atoms with Gasteiger partial charge in [-0.2, -0.15) is 0 Å². The van der Waals surface area contributed by atoms with Crippen LogP contribution in [0.2, 0.25) is 0 Å². The smallest absolute Gasteiger partial charge is 0.223 e. The first kappa shape index (κ1) is 25.0. The molecule has 174 valence electrons. The summed E-state index contributed by atoms with van der Waals surface area (Å²) in [5, 5.41) is 11.9. The molecule has 2 heterocycles. The molecule has 0 bridgehead atoms. The summed E-state index contributed by atoms with van der Waals surface area (Å²) in [6.07, 6.45) is 3.18. The van der Waals surface area contributed by atoms with E-state index in [2.05, 4.69) is 69.6 Å². The van der Waals surface area contributed by atoms with Crippen molar-refractivity contribution in [3.63, 3.8) is 0 Å². The van der Waals surface area contributed by atoms with E-state index in [1.807, 2.05) is 11.3 Å². The number of carbonyl (C=O) groups excluding carboxylic acids is 1. The van der Waals surface area contributed by atoms with Gasteiger partial charge in [-0.15, -0.1) is 35.3 Å². The monoisotopic (exact) mass is 567 g/mol. The molecular weight excluding hydrogens is 533 g/mol. The molecule has 1 aliphatic carbocycles. The first-order valence-corrected chi connectivity index (χ1v) is 12.3. The Morgan fingerprint density at radius 2 is 1.94 bits per heavy atom. The topological polar surface area (TPSA) is 68.8 Å². The predicted octanol–water partition coefficient (Wildman–Crippen LogP) is 3.55. The second-order valence-corrected chi connectivity index (χ2v) is 9.23. The van der Waals surface area contributed by atoms with Crippen LogP contribution in [0.3, 0.4) is 0 Å². The van der Waals surface area contributed by atoms with Gasteiger partial charge in [-0.05, 0) is 48.8 Å². The lowest BCUT2D eigenvalue weighted by Crippen LogP contribution is -2.42. The number of aliphatic imine (C=N–C) groups is 1. The zero-order valence-electron chi connectivity index (χ0n) is 18.7. The van der Waals surface area contributed by atoms with E-state index < -0.39 is 0 Å². The molecule has 1 fully saturated rings. The van der Waals surface area contributed by atoms with Crippen LogP contribution in [0.4, 0.5) is 0 Å². The molecule has 1 aromatic carbocycles. The Morgan fingerprint density at radius 3 is 2.69 bits per heavy atom. The van der Waals surface area contributed by atoms with Gasteiger partial charge in [-0.25, -0.2) is 0 Å². The number of nitrogens with zero attached hydrogens (tertiary/aromatic N) is 2. The van der Waals surface area contributed by atoms with Gasteiger partial charge in [0.25, 0.3) is 0 Å². The largest absolute Gasteiger partial charge is 0.357 e. The maximum Gasteiger partial charge on any atom is 0.223 e. The Bertz CT molecular complexity index is 884. The summed E-state index contributed by atoms with van der Waals surface area (Å²) in [5.41, 5.74) is 2.76. The number of carbonyl (C=O) groups is 1. The number of benzene rings is 1. The third kappa shape index (κ3) is 6.92. The fourth-order valence-electron chi connectivity index (χ4n) is 4.02. The Labute approximate surface area is 212 Å². The van der Waals surface area contributed by atoms with E-state index in [0.717, 1.165) is 44.9 Å². The summed E-state index contributed by atoms with van der Waals surface area (Å²) < 4.78 is 0. The molecule has 1 aromatic heterocycles. The van der Waals surface area contributed by atoms with Crippen molar-refractivity contribution in [3.05, 3.63) is 57.8 Å². The van der Waals surface area contributed by atoms with Gasteiger partial charge < -0.3 is 16.0 Å². The first-order chi connectivity index (χ1) is 15.2. The van der Waals surface area contributed by atoms with Crippen LogP contribution < -0.4 is 16.0 Å². The second-order valence-electron chi connectivity index (χ2n) is 8.23. The summed E-state index contributed by atoms with van der Waals surface area (Å²) in [5.74, 6) is 1.24. The van der Waals surface area contributed by atoms with Crippen LogP contribution in [0.15, 0.2) is 46.8 Å². The molecule has 3 N–H and O–H groups in total. The lowest BCUT2D eigenvalue weighted by Gasteiger charge is -2.34. The molecule has 0 radical (unpaired) electrons. The van der Waals surface area contributed by atoms with Crippen LogP contribution in [0.1, 0.15) is 41.8 Å². The Kier molecular flexibility index (Phi) is 9.80. The van der Waals surface area contributed by atoms with E-state index in [1.165, 1.54) is 16.0 Å². The molecule has 32 heavy (non-hydrogen) atoms. The number of hydrogen-bond acceptors (Lipinski definition) is 4. The summed E-state index contributed by atoms with van der Waals surface area (Å²) >= 11 is 1.87. The fourth-order valence-corrected chi connectivity index (χ4v) is 4.91. The minimum atomic E-state index is 0. The molecule has 1 unspecified atom stereocenters. The van der Waals surface area contributed by atoms with Crippen LogP contribution in [0.25, 0.3) is 0 Å². The Morgan fingerprint density at radius 1 is 1.16 bits per heavy atom.